The van der Waals surface area contributed by atoms with Crippen LogP contribution in [0.3, 0.4) is 0 Å². The summed E-state index contributed by atoms with van der Waals surface area (Å²) in [6, 6.07) is 12.4. The molecule has 0 amide bonds. The molecule has 0 saturated carbocycles. The summed E-state index contributed by atoms with van der Waals surface area (Å²) in [7, 11) is 0. The zero-order valence-corrected chi connectivity index (χ0v) is 11.0. The number of likely N-dealkylation sites (tertiary alicyclic amines) is 1. The summed E-state index contributed by atoms with van der Waals surface area (Å²) in [4.78, 5) is 18.0. The lowest BCUT2D eigenvalue weighted by Gasteiger charge is -2.31. The molecule has 1 saturated heterocycles. The van der Waals surface area contributed by atoms with Gasteiger partial charge in [0.1, 0.15) is 6.29 Å². The van der Waals surface area contributed by atoms with Crippen LogP contribution in [0.25, 0.3) is 10.9 Å². The van der Waals surface area contributed by atoms with E-state index in [1.54, 1.807) is 0 Å². The van der Waals surface area contributed by atoms with Gasteiger partial charge in [0.05, 0.1) is 17.3 Å². The van der Waals surface area contributed by atoms with Gasteiger partial charge in [-0.05, 0) is 31.5 Å². The molecule has 0 bridgehead atoms. The molecular formula is C16H18N2O. The molecule has 0 aliphatic carbocycles. The minimum atomic E-state index is 0.0713. The fourth-order valence-electron chi connectivity index (χ4n) is 2.77. The van der Waals surface area contributed by atoms with E-state index in [-0.39, 0.29) is 6.04 Å². The second-order valence-corrected chi connectivity index (χ2v) is 5.16. The molecule has 3 heteroatoms. The Morgan fingerprint density at radius 3 is 3.00 bits per heavy atom. The van der Waals surface area contributed by atoms with Crippen LogP contribution in [0.5, 0.6) is 0 Å². The Labute approximate surface area is 113 Å². The summed E-state index contributed by atoms with van der Waals surface area (Å²) in [5.74, 6) is 0. The molecule has 3 rings (SSSR count). The number of carbonyl (C=O) groups is 1. The van der Waals surface area contributed by atoms with Gasteiger partial charge in [0.25, 0.3) is 0 Å². The molecule has 2 aromatic rings. The Hall–Kier alpha value is -1.74. The summed E-state index contributed by atoms with van der Waals surface area (Å²) in [5.41, 5.74) is 2.08. The number of piperidine rings is 1. The smallest absolute Gasteiger partial charge is 0.137 e. The van der Waals surface area contributed by atoms with E-state index in [1.165, 1.54) is 6.42 Å². The second kappa shape index (κ2) is 5.49. The summed E-state index contributed by atoms with van der Waals surface area (Å²) in [5, 5.41) is 1.16. The van der Waals surface area contributed by atoms with Crippen LogP contribution in [0.1, 0.15) is 25.0 Å². The van der Waals surface area contributed by atoms with Crippen LogP contribution in [-0.4, -0.2) is 28.8 Å². The number of hydrogen-bond donors (Lipinski definition) is 0. The van der Waals surface area contributed by atoms with Crippen molar-refractivity contribution in [1.29, 1.82) is 0 Å². The van der Waals surface area contributed by atoms with Gasteiger partial charge in [0.2, 0.25) is 0 Å². The Morgan fingerprint density at radius 2 is 2.11 bits per heavy atom. The lowest BCUT2D eigenvalue weighted by atomic mass is 10.0. The van der Waals surface area contributed by atoms with Crippen molar-refractivity contribution in [3.63, 3.8) is 0 Å². The first-order valence-electron chi connectivity index (χ1n) is 6.91. The molecule has 1 aliphatic rings. The van der Waals surface area contributed by atoms with Gasteiger partial charge in [-0.25, -0.2) is 0 Å². The van der Waals surface area contributed by atoms with Crippen LogP contribution in [0.2, 0.25) is 0 Å². The lowest BCUT2D eigenvalue weighted by molar-refractivity contribution is -0.113. The van der Waals surface area contributed by atoms with E-state index in [2.05, 4.69) is 28.1 Å². The minimum absolute atomic E-state index is 0.0713. The molecule has 98 valence electrons. The Morgan fingerprint density at radius 1 is 1.21 bits per heavy atom. The van der Waals surface area contributed by atoms with Crippen molar-refractivity contribution in [1.82, 2.24) is 9.88 Å². The van der Waals surface area contributed by atoms with Crippen molar-refractivity contribution in [2.45, 2.75) is 31.8 Å². The highest BCUT2D eigenvalue weighted by atomic mass is 16.1. The largest absolute Gasteiger partial charge is 0.302 e. The maximum absolute atomic E-state index is 11.1. The van der Waals surface area contributed by atoms with E-state index in [9.17, 15) is 4.79 Å². The fraction of sp³-hybridized carbons (Fsp3) is 0.375. The molecule has 0 N–H and O–H groups in total. The molecule has 1 aromatic carbocycles. The Kier molecular flexibility index (Phi) is 3.56. The highest BCUT2D eigenvalue weighted by Gasteiger charge is 2.21. The van der Waals surface area contributed by atoms with Gasteiger partial charge in [-0.2, -0.15) is 0 Å². The zero-order chi connectivity index (χ0) is 13.1. The topological polar surface area (TPSA) is 33.2 Å². The molecule has 1 aliphatic heterocycles. The first-order chi connectivity index (χ1) is 9.36. The van der Waals surface area contributed by atoms with Gasteiger partial charge in [-0.1, -0.05) is 30.7 Å². The average molecular weight is 254 g/mol. The highest BCUT2D eigenvalue weighted by molar-refractivity contribution is 5.78. The van der Waals surface area contributed by atoms with E-state index in [0.717, 1.165) is 48.8 Å². The number of para-hydroxylation sites is 1. The first kappa shape index (κ1) is 12.3. The maximum atomic E-state index is 11.1. The molecule has 19 heavy (non-hydrogen) atoms. The number of pyridine rings is 1. The van der Waals surface area contributed by atoms with Crippen molar-refractivity contribution >= 4 is 17.2 Å². The molecule has 0 spiro atoms. The van der Waals surface area contributed by atoms with Crippen molar-refractivity contribution in [2.24, 2.45) is 0 Å². The molecule has 0 radical (unpaired) electrons. The summed E-state index contributed by atoms with van der Waals surface area (Å²) < 4.78 is 0. The number of fused-ring (bicyclic) bond motifs is 1. The highest BCUT2D eigenvalue weighted by Crippen LogP contribution is 2.19. The van der Waals surface area contributed by atoms with E-state index < -0.39 is 0 Å². The molecule has 1 fully saturated rings. The van der Waals surface area contributed by atoms with Crippen LogP contribution >= 0.6 is 0 Å². The number of rotatable bonds is 3. The zero-order valence-electron chi connectivity index (χ0n) is 11.0. The SMILES string of the molecule is O=CC1CCCCN1Cc1ccc2ccccc2n1. The van der Waals surface area contributed by atoms with E-state index >= 15 is 0 Å². The van der Waals surface area contributed by atoms with E-state index in [0.29, 0.717) is 0 Å². The number of nitrogens with zero attached hydrogens (tertiary/aromatic N) is 2. The lowest BCUT2D eigenvalue weighted by Crippen LogP contribution is -2.40. The van der Waals surface area contributed by atoms with Crippen LogP contribution < -0.4 is 0 Å². The van der Waals surface area contributed by atoms with Crippen molar-refractivity contribution in [3.8, 4) is 0 Å². The van der Waals surface area contributed by atoms with Crippen molar-refractivity contribution < 1.29 is 4.79 Å². The quantitative estimate of drug-likeness (QED) is 0.790. The van der Waals surface area contributed by atoms with Crippen LogP contribution in [0.4, 0.5) is 0 Å². The van der Waals surface area contributed by atoms with Gasteiger partial charge >= 0.3 is 0 Å². The van der Waals surface area contributed by atoms with Gasteiger partial charge in [0.15, 0.2) is 0 Å². The van der Waals surface area contributed by atoms with Gasteiger partial charge < -0.3 is 4.79 Å². The third-order valence-electron chi connectivity index (χ3n) is 3.84. The normalized spacial score (nSPS) is 20.5. The van der Waals surface area contributed by atoms with Crippen molar-refractivity contribution in [3.05, 3.63) is 42.1 Å². The third kappa shape index (κ3) is 2.66. The summed E-state index contributed by atoms with van der Waals surface area (Å²) >= 11 is 0. The predicted octanol–water partition coefficient (Wildman–Crippen LogP) is 2.79. The first-order valence-corrected chi connectivity index (χ1v) is 6.91. The monoisotopic (exact) mass is 254 g/mol. The Bertz CT molecular complexity index is 582. The van der Waals surface area contributed by atoms with Crippen LogP contribution in [-0.2, 0) is 11.3 Å². The Balaban J connectivity index is 1.82. The standard InChI is InChI=1S/C16H18N2O/c19-12-15-6-3-4-10-18(15)11-14-9-8-13-5-1-2-7-16(13)17-14/h1-2,5,7-9,12,15H,3-4,6,10-11H2. The van der Waals surface area contributed by atoms with E-state index in [4.69, 9.17) is 0 Å². The average Bonchev–Trinajstić information content (AvgIpc) is 2.48. The number of carbonyl (C=O) groups excluding carboxylic acids is 1. The van der Waals surface area contributed by atoms with Gasteiger partial charge in [-0.15, -0.1) is 0 Å². The van der Waals surface area contributed by atoms with Crippen LogP contribution in [0.15, 0.2) is 36.4 Å². The number of aldehydes is 1. The van der Waals surface area contributed by atoms with Crippen molar-refractivity contribution in [2.75, 3.05) is 6.54 Å². The number of hydrogen-bond acceptors (Lipinski definition) is 3. The van der Waals surface area contributed by atoms with Gasteiger partial charge in [0, 0.05) is 11.9 Å². The molecule has 1 unspecified atom stereocenters. The number of aromatic nitrogens is 1. The van der Waals surface area contributed by atoms with E-state index in [1.807, 2.05) is 18.2 Å². The fourth-order valence-corrected chi connectivity index (χ4v) is 2.77. The molecule has 1 aromatic heterocycles. The third-order valence-corrected chi connectivity index (χ3v) is 3.84. The summed E-state index contributed by atoms with van der Waals surface area (Å²) in [6.45, 7) is 1.77. The number of benzene rings is 1. The second-order valence-electron chi connectivity index (χ2n) is 5.16. The molecule has 3 nitrogen and oxygen atoms in total. The molecule has 1 atom stereocenters. The molecule has 2 heterocycles. The van der Waals surface area contributed by atoms with Gasteiger partial charge in [-0.3, -0.25) is 9.88 Å². The minimum Gasteiger partial charge on any atom is -0.302 e. The predicted molar refractivity (Wildman–Crippen MR) is 75.9 cm³/mol. The molecular weight excluding hydrogens is 236 g/mol. The maximum Gasteiger partial charge on any atom is 0.137 e. The van der Waals surface area contributed by atoms with Crippen LogP contribution in [0, 0.1) is 0 Å². The summed E-state index contributed by atoms with van der Waals surface area (Å²) in [6.07, 6.45) is 4.40.